The summed E-state index contributed by atoms with van der Waals surface area (Å²) in [6.45, 7) is 5.67. The minimum atomic E-state index is -0.666. The van der Waals surface area contributed by atoms with Crippen LogP contribution in [0.25, 0.3) is 5.69 Å². The van der Waals surface area contributed by atoms with Crippen LogP contribution >= 0.6 is 12.2 Å². The van der Waals surface area contributed by atoms with Gasteiger partial charge in [-0.25, -0.2) is 0 Å². The maximum atomic E-state index is 12.9. The van der Waals surface area contributed by atoms with Crippen molar-refractivity contribution in [3.05, 3.63) is 76.8 Å². The highest BCUT2D eigenvalue weighted by molar-refractivity contribution is 7.71. The molecule has 2 amide bonds. The predicted molar refractivity (Wildman–Crippen MR) is 117 cm³/mol. The maximum Gasteiger partial charge on any atom is 0.252 e. The van der Waals surface area contributed by atoms with Gasteiger partial charge < -0.3 is 15.6 Å². The summed E-state index contributed by atoms with van der Waals surface area (Å²) >= 11 is 5.25. The van der Waals surface area contributed by atoms with Gasteiger partial charge in [-0.15, -0.1) is 0 Å². The highest BCUT2D eigenvalue weighted by atomic mass is 32.1. The largest absolute Gasteiger partial charge is 0.340 e. The molecular weight excluding hydrogens is 384 g/mol. The van der Waals surface area contributed by atoms with Crippen molar-refractivity contribution in [1.82, 2.24) is 14.9 Å². The fourth-order valence-electron chi connectivity index (χ4n) is 3.06. The van der Waals surface area contributed by atoms with Gasteiger partial charge in [-0.3, -0.25) is 14.2 Å². The molecule has 29 heavy (non-hydrogen) atoms. The summed E-state index contributed by atoms with van der Waals surface area (Å²) in [6.07, 6.45) is 3.58. The third kappa shape index (κ3) is 4.81. The second-order valence-electron chi connectivity index (χ2n) is 7.18. The van der Waals surface area contributed by atoms with Gasteiger partial charge >= 0.3 is 0 Å². The second kappa shape index (κ2) is 8.87. The van der Waals surface area contributed by atoms with Crippen LogP contribution in [0.5, 0.6) is 0 Å². The zero-order valence-corrected chi connectivity index (χ0v) is 17.4. The van der Waals surface area contributed by atoms with Gasteiger partial charge in [0.15, 0.2) is 4.77 Å². The SMILES string of the molecule is Cc1ccccc1C(=O)NC(C(=O)Nc1cccc(-n2cc[nH]c2=S)c1)C(C)C. The molecule has 2 aromatic carbocycles. The monoisotopic (exact) mass is 408 g/mol. The fourth-order valence-corrected chi connectivity index (χ4v) is 3.29. The summed E-state index contributed by atoms with van der Waals surface area (Å²) in [4.78, 5) is 28.5. The summed E-state index contributed by atoms with van der Waals surface area (Å²) in [5.41, 5.74) is 2.89. The molecule has 0 spiro atoms. The molecule has 0 aliphatic carbocycles. The standard InChI is InChI=1S/C22H24N4O2S/c1-14(2)19(25-20(27)18-10-5-4-7-15(18)3)21(28)24-16-8-6-9-17(13-16)26-12-11-23-22(26)29/h4-14,19H,1-3H3,(H,23,29)(H,24,28)(H,25,27). The first-order valence-electron chi connectivity index (χ1n) is 9.40. The maximum absolute atomic E-state index is 12.9. The molecule has 0 bridgehead atoms. The van der Waals surface area contributed by atoms with Gasteiger partial charge in [0.2, 0.25) is 5.91 Å². The van der Waals surface area contributed by atoms with E-state index in [4.69, 9.17) is 12.2 Å². The van der Waals surface area contributed by atoms with E-state index in [1.165, 1.54) is 0 Å². The number of aromatic nitrogens is 2. The Morgan fingerprint density at radius 1 is 1.10 bits per heavy atom. The second-order valence-corrected chi connectivity index (χ2v) is 7.57. The Balaban J connectivity index is 1.77. The molecule has 0 saturated heterocycles. The lowest BCUT2D eigenvalue weighted by molar-refractivity contribution is -0.118. The van der Waals surface area contributed by atoms with Crippen LogP contribution in [0.2, 0.25) is 0 Å². The van der Waals surface area contributed by atoms with Crippen LogP contribution in [0.3, 0.4) is 0 Å². The molecule has 1 heterocycles. The average molecular weight is 409 g/mol. The molecule has 0 aliphatic rings. The normalized spacial score (nSPS) is 11.9. The van der Waals surface area contributed by atoms with Crippen LogP contribution in [0.1, 0.15) is 29.8 Å². The Labute approximate surface area is 175 Å². The van der Waals surface area contributed by atoms with Gasteiger partial charge in [-0.1, -0.05) is 38.1 Å². The van der Waals surface area contributed by atoms with E-state index in [1.54, 1.807) is 18.3 Å². The van der Waals surface area contributed by atoms with E-state index in [1.807, 2.05) is 67.9 Å². The van der Waals surface area contributed by atoms with E-state index in [0.717, 1.165) is 11.3 Å². The molecule has 6 nitrogen and oxygen atoms in total. The molecule has 0 saturated carbocycles. The number of carbonyl (C=O) groups excluding carboxylic acids is 2. The lowest BCUT2D eigenvalue weighted by Gasteiger charge is -2.22. The van der Waals surface area contributed by atoms with E-state index in [9.17, 15) is 9.59 Å². The minimum Gasteiger partial charge on any atom is -0.340 e. The third-order valence-electron chi connectivity index (χ3n) is 4.67. The zero-order valence-electron chi connectivity index (χ0n) is 16.6. The van der Waals surface area contributed by atoms with Gasteiger partial charge in [0.1, 0.15) is 6.04 Å². The number of aryl methyl sites for hydroxylation is 1. The smallest absolute Gasteiger partial charge is 0.252 e. The van der Waals surface area contributed by atoms with Crippen molar-refractivity contribution in [2.24, 2.45) is 5.92 Å². The van der Waals surface area contributed by atoms with E-state index < -0.39 is 6.04 Å². The molecule has 7 heteroatoms. The van der Waals surface area contributed by atoms with Crippen molar-refractivity contribution in [1.29, 1.82) is 0 Å². The molecule has 3 rings (SSSR count). The number of benzene rings is 2. The number of hydrogen-bond donors (Lipinski definition) is 3. The molecule has 0 aliphatic heterocycles. The van der Waals surface area contributed by atoms with Crippen LogP contribution in [0.15, 0.2) is 60.9 Å². The number of hydrogen-bond acceptors (Lipinski definition) is 3. The number of anilines is 1. The van der Waals surface area contributed by atoms with E-state index in [-0.39, 0.29) is 17.7 Å². The van der Waals surface area contributed by atoms with Crippen LogP contribution in [0, 0.1) is 17.6 Å². The predicted octanol–water partition coefficient (Wildman–Crippen LogP) is 4.24. The van der Waals surface area contributed by atoms with Crippen LogP contribution < -0.4 is 10.6 Å². The molecule has 0 fully saturated rings. The number of aromatic amines is 1. The Morgan fingerprint density at radius 3 is 2.52 bits per heavy atom. The summed E-state index contributed by atoms with van der Waals surface area (Å²) in [7, 11) is 0. The Hall–Kier alpha value is -3.19. The minimum absolute atomic E-state index is 0.0792. The number of H-pyrrole nitrogens is 1. The molecule has 3 N–H and O–H groups in total. The molecule has 1 atom stereocenters. The lowest BCUT2D eigenvalue weighted by atomic mass is 10.0. The first-order valence-corrected chi connectivity index (χ1v) is 9.81. The average Bonchev–Trinajstić information content (AvgIpc) is 3.12. The topological polar surface area (TPSA) is 78.9 Å². The number of amides is 2. The third-order valence-corrected chi connectivity index (χ3v) is 4.98. The number of carbonyl (C=O) groups is 2. The summed E-state index contributed by atoms with van der Waals surface area (Å²) < 4.78 is 2.38. The Bertz CT molecular complexity index is 1080. The van der Waals surface area contributed by atoms with Crippen molar-refractivity contribution in [3.63, 3.8) is 0 Å². The first-order chi connectivity index (χ1) is 13.9. The van der Waals surface area contributed by atoms with Crippen LogP contribution in [-0.2, 0) is 4.79 Å². The summed E-state index contributed by atoms with van der Waals surface area (Å²) in [6, 6.07) is 14.0. The lowest BCUT2D eigenvalue weighted by Crippen LogP contribution is -2.47. The van der Waals surface area contributed by atoms with Crippen molar-refractivity contribution in [2.45, 2.75) is 26.8 Å². The van der Waals surface area contributed by atoms with E-state index in [0.29, 0.717) is 16.0 Å². The van der Waals surface area contributed by atoms with Gasteiger partial charge in [0, 0.05) is 29.3 Å². The van der Waals surface area contributed by atoms with Crippen LogP contribution in [0.4, 0.5) is 5.69 Å². The molecular formula is C22H24N4O2S. The summed E-state index contributed by atoms with van der Waals surface area (Å²) in [5, 5.41) is 5.77. The quantitative estimate of drug-likeness (QED) is 0.534. The molecule has 1 unspecified atom stereocenters. The van der Waals surface area contributed by atoms with Crippen LogP contribution in [-0.4, -0.2) is 27.4 Å². The molecule has 3 aromatic rings. The molecule has 150 valence electrons. The Morgan fingerprint density at radius 2 is 1.86 bits per heavy atom. The van der Waals surface area contributed by atoms with Gasteiger partial charge in [-0.2, -0.15) is 0 Å². The van der Waals surface area contributed by atoms with Gasteiger partial charge in [0.05, 0.1) is 0 Å². The van der Waals surface area contributed by atoms with Crippen molar-refractivity contribution in [3.8, 4) is 5.69 Å². The first kappa shape index (κ1) is 20.5. The highest BCUT2D eigenvalue weighted by Gasteiger charge is 2.25. The zero-order chi connectivity index (χ0) is 21.0. The number of imidazole rings is 1. The van der Waals surface area contributed by atoms with E-state index in [2.05, 4.69) is 15.6 Å². The number of nitrogens with one attached hydrogen (secondary N) is 3. The van der Waals surface area contributed by atoms with E-state index >= 15 is 0 Å². The van der Waals surface area contributed by atoms with Gasteiger partial charge in [0.25, 0.3) is 5.91 Å². The highest BCUT2D eigenvalue weighted by Crippen LogP contribution is 2.17. The summed E-state index contributed by atoms with van der Waals surface area (Å²) in [5.74, 6) is -0.606. The van der Waals surface area contributed by atoms with Crippen molar-refractivity contribution in [2.75, 3.05) is 5.32 Å². The van der Waals surface area contributed by atoms with Gasteiger partial charge in [-0.05, 0) is 54.9 Å². The number of rotatable bonds is 6. The molecule has 0 radical (unpaired) electrons. The van der Waals surface area contributed by atoms with Crippen molar-refractivity contribution >= 4 is 29.7 Å². The number of nitrogens with zero attached hydrogens (tertiary/aromatic N) is 1. The van der Waals surface area contributed by atoms with Crippen molar-refractivity contribution < 1.29 is 9.59 Å². The fraction of sp³-hybridized carbons (Fsp3) is 0.227. The molecule has 1 aromatic heterocycles. The Kier molecular flexibility index (Phi) is 6.29.